The number of nitrogens with one attached hydrogen (secondary N) is 1. The molecule has 3 atom stereocenters. The van der Waals surface area contributed by atoms with Gasteiger partial charge in [-0.25, -0.2) is 5.01 Å². The van der Waals surface area contributed by atoms with Gasteiger partial charge in [0.2, 0.25) is 0 Å². The number of rotatable bonds is 2. The molecule has 1 saturated heterocycles. The van der Waals surface area contributed by atoms with Gasteiger partial charge in [-0.2, -0.15) is 0 Å². The molecule has 1 aliphatic carbocycles. The Morgan fingerprint density at radius 3 is 2.38 bits per heavy atom. The third-order valence-corrected chi connectivity index (χ3v) is 4.31. The Morgan fingerprint density at radius 1 is 1.00 bits per heavy atom. The first-order valence-corrected chi connectivity index (χ1v) is 6.85. The van der Waals surface area contributed by atoms with Crippen molar-refractivity contribution in [2.45, 2.75) is 39.2 Å². The van der Waals surface area contributed by atoms with Gasteiger partial charge < -0.3 is 4.90 Å². The van der Waals surface area contributed by atoms with Crippen molar-refractivity contribution in [1.29, 1.82) is 0 Å². The monoisotopic (exact) mass is 225 g/mol. The van der Waals surface area contributed by atoms with E-state index in [0.29, 0.717) is 6.04 Å². The Morgan fingerprint density at radius 2 is 1.69 bits per heavy atom. The lowest BCUT2D eigenvalue weighted by Gasteiger charge is -2.40. The van der Waals surface area contributed by atoms with Gasteiger partial charge >= 0.3 is 0 Å². The summed E-state index contributed by atoms with van der Waals surface area (Å²) in [7, 11) is 2.21. The molecule has 2 fully saturated rings. The van der Waals surface area contributed by atoms with E-state index in [4.69, 9.17) is 0 Å². The first kappa shape index (κ1) is 12.3. The standard InChI is InChI=1S/C13H27N3/c1-11-4-5-12(2)13(10-11)14-16-8-6-15(3)7-9-16/h11-14H,4-10H2,1-3H3. The van der Waals surface area contributed by atoms with Crippen LogP contribution in [-0.4, -0.2) is 49.2 Å². The van der Waals surface area contributed by atoms with E-state index in [0.717, 1.165) is 11.8 Å². The highest BCUT2D eigenvalue weighted by Crippen LogP contribution is 2.28. The topological polar surface area (TPSA) is 18.5 Å². The van der Waals surface area contributed by atoms with Crippen LogP contribution in [0.3, 0.4) is 0 Å². The van der Waals surface area contributed by atoms with E-state index in [-0.39, 0.29) is 0 Å². The normalized spacial score (nSPS) is 38.8. The minimum absolute atomic E-state index is 0.715. The predicted molar refractivity (Wildman–Crippen MR) is 68.2 cm³/mol. The molecule has 3 heteroatoms. The molecule has 0 spiro atoms. The Kier molecular flexibility index (Phi) is 4.22. The van der Waals surface area contributed by atoms with Gasteiger partial charge in [0, 0.05) is 32.2 Å². The average Bonchev–Trinajstić information content (AvgIpc) is 2.27. The van der Waals surface area contributed by atoms with E-state index in [1.54, 1.807) is 0 Å². The lowest BCUT2D eigenvalue weighted by atomic mass is 9.80. The first-order valence-electron chi connectivity index (χ1n) is 6.85. The maximum Gasteiger partial charge on any atom is 0.0259 e. The number of nitrogens with zero attached hydrogens (tertiary/aromatic N) is 2. The fourth-order valence-corrected chi connectivity index (χ4v) is 2.88. The van der Waals surface area contributed by atoms with Crippen molar-refractivity contribution in [3.05, 3.63) is 0 Å². The summed E-state index contributed by atoms with van der Waals surface area (Å²) < 4.78 is 0. The average molecular weight is 225 g/mol. The fraction of sp³-hybridized carbons (Fsp3) is 1.00. The van der Waals surface area contributed by atoms with Crippen LogP contribution in [0.2, 0.25) is 0 Å². The summed E-state index contributed by atoms with van der Waals surface area (Å²) in [6.45, 7) is 9.54. The van der Waals surface area contributed by atoms with Gasteiger partial charge in [-0.1, -0.05) is 20.3 Å². The molecule has 0 aromatic rings. The lowest BCUT2D eigenvalue weighted by Crippen LogP contribution is -2.56. The van der Waals surface area contributed by atoms with Gasteiger partial charge in [-0.05, 0) is 31.7 Å². The minimum Gasteiger partial charge on any atom is -0.304 e. The molecule has 16 heavy (non-hydrogen) atoms. The van der Waals surface area contributed by atoms with Crippen molar-refractivity contribution in [1.82, 2.24) is 15.3 Å². The lowest BCUT2D eigenvalue weighted by molar-refractivity contribution is 0.0570. The zero-order valence-electron chi connectivity index (χ0n) is 11.1. The van der Waals surface area contributed by atoms with Gasteiger partial charge in [0.15, 0.2) is 0 Å². The van der Waals surface area contributed by atoms with Crippen LogP contribution in [0.25, 0.3) is 0 Å². The van der Waals surface area contributed by atoms with Crippen LogP contribution in [0.4, 0.5) is 0 Å². The van der Waals surface area contributed by atoms with Crippen molar-refractivity contribution < 1.29 is 0 Å². The molecule has 3 nitrogen and oxygen atoms in total. The number of hydrazine groups is 1. The molecule has 2 aliphatic rings. The molecule has 1 saturated carbocycles. The summed E-state index contributed by atoms with van der Waals surface area (Å²) in [6, 6.07) is 0.715. The molecule has 3 unspecified atom stereocenters. The van der Waals surface area contributed by atoms with E-state index in [9.17, 15) is 0 Å². The molecular weight excluding hydrogens is 198 g/mol. The number of likely N-dealkylation sites (N-methyl/N-ethyl adjacent to an activating group) is 1. The molecule has 0 bridgehead atoms. The summed E-state index contributed by atoms with van der Waals surface area (Å²) in [6.07, 6.45) is 4.17. The van der Waals surface area contributed by atoms with E-state index in [2.05, 4.69) is 36.2 Å². The summed E-state index contributed by atoms with van der Waals surface area (Å²) in [5, 5.41) is 2.44. The fourth-order valence-electron chi connectivity index (χ4n) is 2.88. The van der Waals surface area contributed by atoms with Crippen LogP contribution < -0.4 is 5.43 Å². The third kappa shape index (κ3) is 3.19. The Hall–Kier alpha value is -0.120. The van der Waals surface area contributed by atoms with Crippen LogP contribution in [-0.2, 0) is 0 Å². The van der Waals surface area contributed by atoms with Crippen LogP contribution in [0.1, 0.15) is 33.1 Å². The number of hydrogen-bond acceptors (Lipinski definition) is 3. The molecule has 94 valence electrons. The van der Waals surface area contributed by atoms with E-state index in [1.165, 1.54) is 45.4 Å². The summed E-state index contributed by atoms with van der Waals surface area (Å²) in [5.41, 5.74) is 3.77. The molecule has 0 aromatic carbocycles. The minimum atomic E-state index is 0.715. The second-order valence-electron chi connectivity index (χ2n) is 5.92. The number of piperazine rings is 1. The zero-order chi connectivity index (χ0) is 11.5. The Balaban J connectivity index is 1.79. The Bertz CT molecular complexity index is 211. The highest BCUT2D eigenvalue weighted by molar-refractivity contribution is 4.81. The second-order valence-corrected chi connectivity index (χ2v) is 5.92. The smallest absolute Gasteiger partial charge is 0.0259 e. The van der Waals surface area contributed by atoms with Crippen LogP contribution in [0, 0.1) is 11.8 Å². The van der Waals surface area contributed by atoms with Crippen molar-refractivity contribution in [3.63, 3.8) is 0 Å². The van der Waals surface area contributed by atoms with Crippen molar-refractivity contribution in [2.24, 2.45) is 11.8 Å². The molecular formula is C13H27N3. The van der Waals surface area contributed by atoms with Crippen molar-refractivity contribution in [3.8, 4) is 0 Å². The van der Waals surface area contributed by atoms with Crippen LogP contribution in [0.15, 0.2) is 0 Å². The maximum atomic E-state index is 3.77. The molecule has 1 heterocycles. The van der Waals surface area contributed by atoms with E-state index in [1.807, 2.05) is 0 Å². The first-order chi connectivity index (χ1) is 7.65. The Labute approximate surface area is 100 Å². The summed E-state index contributed by atoms with van der Waals surface area (Å²) >= 11 is 0. The van der Waals surface area contributed by atoms with E-state index < -0.39 is 0 Å². The molecule has 0 amide bonds. The van der Waals surface area contributed by atoms with Gasteiger partial charge in [0.05, 0.1) is 0 Å². The largest absolute Gasteiger partial charge is 0.304 e. The molecule has 0 radical (unpaired) electrons. The second kappa shape index (κ2) is 5.48. The molecule has 2 rings (SSSR count). The van der Waals surface area contributed by atoms with Gasteiger partial charge in [0.25, 0.3) is 0 Å². The van der Waals surface area contributed by atoms with Crippen molar-refractivity contribution >= 4 is 0 Å². The predicted octanol–water partition coefficient (Wildman–Crippen LogP) is 1.56. The summed E-state index contributed by atoms with van der Waals surface area (Å²) in [4.78, 5) is 2.41. The maximum absolute atomic E-state index is 3.77. The molecule has 1 N–H and O–H groups in total. The van der Waals surface area contributed by atoms with Crippen LogP contribution in [0.5, 0.6) is 0 Å². The quantitative estimate of drug-likeness (QED) is 0.769. The van der Waals surface area contributed by atoms with E-state index >= 15 is 0 Å². The van der Waals surface area contributed by atoms with Crippen molar-refractivity contribution in [2.75, 3.05) is 33.2 Å². The molecule has 0 aromatic heterocycles. The van der Waals surface area contributed by atoms with Gasteiger partial charge in [-0.15, -0.1) is 0 Å². The SMILES string of the molecule is CC1CCC(C)C(NN2CCN(C)CC2)C1. The number of hydrogen-bond donors (Lipinski definition) is 1. The molecule has 1 aliphatic heterocycles. The third-order valence-electron chi connectivity index (χ3n) is 4.31. The highest BCUT2D eigenvalue weighted by Gasteiger charge is 2.27. The van der Waals surface area contributed by atoms with Gasteiger partial charge in [-0.3, -0.25) is 5.43 Å². The van der Waals surface area contributed by atoms with Crippen LogP contribution >= 0.6 is 0 Å². The highest BCUT2D eigenvalue weighted by atomic mass is 15.5. The zero-order valence-corrected chi connectivity index (χ0v) is 11.1. The van der Waals surface area contributed by atoms with Gasteiger partial charge in [0.1, 0.15) is 0 Å². The summed E-state index contributed by atoms with van der Waals surface area (Å²) in [5.74, 6) is 1.75.